The lowest BCUT2D eigenvalue weighted by Crippen LogP contribution is -2.40. The third kappa shape index (κ3) is 4.31. The summed E-state index contributed by atoms with van der Waals surface area (Å²) >= 11 is 0. The van der Waals surface area contributed by atoms with Gasteiger partial charge in [-0.15, -0.1) is 0 Å². The van der Waals surface area contributed by atoms with Crippen molar-refractivity contribution in [3.63, 3.8) is 0 Å². The topological polar surface area (TPSA) is 104 Å². The molecule has 1 saturated heterocycles. The van der Waals surface area contributed by atoms with Crippen LogP contribution in [0.15, 0.2) is 36.5 Å². The molecule has 3 unspecified atom stereocenters. The van der Waals surface area contributed by atoms with Gasteiger partial charge in [0.1, 0.15) is 0 Å². The van der Waals surface area contributed by atoms with Gasteiger partial charge in [-0.05, 0) is 50.5 Å². The van der Waals surface area contributed by atoms with E-state index in [4.69, 9.17) is 5.10 Å². The zero-order chi connectivity index (χ0) is 26.7. The van der Waals surface area contributed by atoms with Crippen molar-refractivity contribution < 1.29 is 22.8 Å². The number of pyridine rings is 1. The van der Waals surface area contributed by atoms with Gasteiger partial charge < -0.3 is 20.9 Å². The van der Waals surface area contributed by atoms with Crippen molar-refractivity contribution in [3.8, 4) is 11.3 Å². The molecule has 6 rings (SSSR count). The van der Waals surface area contributed by atoms with E-state index < -0.39 is 24.2 Å². The molecule has 0 bridgehead atoms. The number of benzene rings is 1. The van der Waals surface area contributed by atoms with Crippen LogP contribution in [0.3, 0.4) is 0 Å². The molecule has 2 aromatic heterocycles. The lowest BCUT2D eigenvalue weighted by atomic mass is 9.82. The Hall–Kier alpha value is -3.83. The fourth-order valence-corrected chi connectivity index (χ4v) is 5.77. The second-order valence-electron chi connectivity index (χ2n) is 10.4. The number of carbonyl (C=O) groups excluding carboxylic acids is 2. The number of amides is 4. The number of anilines is 1. The van der Waals surface area contributed by atoms with Gasteiger partial charge in [0, 0.05) is 60.5 Å². The number of hydrogen-bond acceptors (Lipinski definition) is 4. The molecule has 1 spiro atoms. The number of aromatic nitrogens is 3. The van der Waals surface area contributed by atoms with E-state index in [2.05, 4.69) is 27.0 Å². The van der Waals surface area contributed by atoms with Gasteiger partial charge in [-0.25, -0.2) is 9.59 Å². The summed E-state index contributed by atoms with van der Waals surface area (Å²) in [4.78, 5) is 31.2. The van der Waals surface area contributed by atoms with Crippen LogP contribution in [0.2, 0.25) is 0 Å². The zero-order valence-electron chi connectivity index (χ0n) is 20.8. The van der Waals surface area contributed by atoms with Crippen molar-refractivity contribution in [3.05, 3.63) is 42.2 Å². The normalized spacial score (nSPS) is 24.1. The molecular weight excluding hydrogens is 499 g/mol. The smallest absolute Gasteiger partial charge is 0.338 e. The van der Waals surface area contributed by atoms with Gasteiger partial charge in [0.2, 0.25) is 0 Å². The van der Waals surface area contributed by atoms with Crippen molar-refractivity contribution in [2.75, 3.05) is 25.0 Å². The van der Waals surface area contributed by atoms with Crippen LogP contribution in [0, 0.1) is 5.92 Å². The number of hydrogen-bond donors (Lipinski definition) is 3. The minimum absolute atomic E-state index is 0.0408. The first-order valence-corrected chi connectivity index (χ1v) is 12.8. The van der Waals surface area contributed by atoms with E-state index in [0.717, 1.165) is 36.3 Å². The Balaban J connectivity index is 1.22. The van der Waals surface area contributed by atoms with Crippen molar-refractivity contribution >= 4 is 28.7 Å². The summed E-state index contributed by atoms with van der Waals surface area (Å²) in [6.45, 7) is 4.62. The Morgan fingerprint density at radius 1 is 1.18 bits per heavy atom. The van der Waals surface area contributed by atoms with Gasteiger partial charge in [0.05, 0.1) is 22.8 Å². The summed E-state index contributed by atoms with van der Waals surface area (Å²) in [5.41, 5.74) is 3.59. The predicted octanol–water partition coefficient (Wildman–Crippen LogP) is 4.25. The highest BCUT2D eigenvalue weighted by atomic mass is 19.4. The number of nitrogens with one attached hydrogen (secondary N) is 3. The Morgan fingerprint density at radius 2 is 2.00 bits per heavy atom. The molecular formula is C26H28F3N7O2. The number of nitrogens with zero attached hydrogens (tertiary/aromatic N) is 4. The van der Waals surface area contributed by atoms with Crippen LogP contribution < -0.4 is 16.0 Å². The maximum Gasteiger partial charge on any atom is 0.393 e. The van der Waals surface area contributed by atoms with E-state index in [0.29, 0.717) is 36.2 Å². The standard InChI is InChI=1S/C26H28F3N7O2/c1-2-30-24(38)35-8-6-25(14-35)7-9-36-22(25)12-20(34-36)15-10-16-18(31-13-15)4-3-5-19(16)32-23(37)33-21-11-17(21)26(27,28)29/h3-5,10,12-13,17,21H,2,6-9,11,14H2,1H3,(H,30,38)(H2,32,33,37). The molecule has 3 N–H and O–H groups in total. The number of carbonyl (C=O) groups is 2. The number of alkyl halides is 3. The van der Waals surface area contributed by atoms with E-state index in [9.17, 15) is 22.8 Å². The molecule has 38 heavy (non-hydrogen) atoms. The Kier molecular flexibility index (Phi) is 5.73. The predicted molar refractivity (Wildman–Crippen MR) is 135 cm³/mol. The molecule has 9 nitrogen and oxygen atoms in total. The zero-order valence-corrected chi connectivity index (χ0v) is 20.8. The highest BCUT2D eigenvalue weighted by Gasteiger charge is 2.56. The maximum atomic E-state index is 12.8. The van der Waals surface area contributed by atoms with Crippen LogP contribution >= 0.6 is 0 Å². The molecule has 200 valence electrons. The molecule has 1 aliphatic carbocycles. The molecule has 3 atom stereocenters. The van der Waals surface area contributed by atoms with E-state index in [1.165, 1.54) is 0 Å². The summed E-state index contributed by atoms with van der Waals surface area (Å²) in [7, 11) is 0. The Morgan fingerprint density at radius 3 is 2.76 bits per heavy atom. The fraction of sp³-hybridized carbons (Fsp3) is 0.462. The summed E-state index contributed by atoms with van der Waals surface area (Å²) in [6, 6.07) is 7.55. The summed E-state index contributed by atoms with van der Waals surface area (Å²) in [6.07, 6.45) is -0.875. The monoisotopic (exact) mass is 527 g/mol. The maximum absolute atomic E-state index is 12.8. The molecule has 3 aliphatic rings. The average Bonchev–Trinajstić information content (AvgIpc) is 3.22. The highest BCUT2D eigenvalue weighted by Crippen LogP contribution is 2.45. The number of rotatable bonds is 4. The Bertz CT molecular complexity index is 1420. The summed E-state index contributed by atoms with van der Waals surface area (Å²) in [5.74, 6) is -1.49. The molecule has 4 heterocycles. The van der Waals surface area contributed by atoms with Crippen molar-refractivity contribution in [1.82, 2.24) is 30.3 Å². The van der Waals surface area contributed by atoms with Gasteiger partial charge in [0.25, 0.3) is 0 Å². The second-order valence-corrected chi connectivity index (χ2v) is 10.4. The molecule has 12 heteroatoms. The second kappa shape index (κ2) is 8.88. The van der Waals surface area contributed by atoms with Crippen molar-refractivity contribution in [1.29, 1.82) is 0 Å². The molecule has 3 aromatic rings. The summed E-state index contributed by atoms with van der Waals surface area (Å²) < 4.78 is 40.5. The minimum atomic E-state index is -4.31. The number of likely N-dealkylation sites (tertiary alicyclic amines) is 1. The SMILES string of the molecule is CCNC(=O)N1CCC2(CCn3nc(-c4cnc5cccc(NC(=O)NC6CC6C(F)(F)F)c5c4)cc32)C1. The fourth-order valence-electron chi connectivity index (χ4n) is 5.77. The average molecular weight is 528 g/mol. The van der Waals surface area contributed by atoms with E-state index in [1.807, 2.05) is 22.6 Å². The molecule has 0 radical (unpaired) electrons. The van der Waals surface area contributed by atoms with Crippen LogP contribution in [-0.2, 0) is 12.0 Å². The van der Waals surface area contributed by atoms with Crippen molar-refractivity contribution in [2.45, 2.75) is 50.4 Å². The van der Waals surface area contributed by atoms with Crippen molar-refractivity contribution in [2.24, 2.45) is 5.92 Å². The minimum Gasteiger partial charge on any atom is -0.338 e. The molecule has 2 aliphatic heterocycles. The first-order chi connectivity index (χ1) is 18.2. The van der Waals surface area contributed by atoms with Gasteiger partial charge in [-0.1, -0.05) is 6.07 Å². The Labute approximate surface area is 216 Å². The van der Waals surface area contributed by atoms with Crippen LogP contribution in [0.1, 0.15) is 31.9 Å². The van der Waals surface area contributed by atoms with Crippen LogP contribution in [-0.4, -0.2) is 63.6 Å². The number of aryl methyl sites for hydroxylation is 1. The largest absolute Gasteiger partial charge is 0.393 e. The quantitative estimate of drug-likeness (QED) is 0.472. The first kappa shape index (κ1) is 24.5. The highest BCUT2D eigenvalue weighted by molar-refractivity contribution is 6.01. The first-order valence-electron chi connectivity index (χ1n) is 12.8. The third-order valence-corrected chi connectivity index (χ3v) is 7.89. The van der Waals surface area contributed by atoms with E-state index in [-0.39, 0.29) is 17.9 Å². The lowest BCUT2D eigenvalue weighted by molar-refractivity contribution is -0.148. The van der Waals surface area contributed by atoms with E-state index >= 15 is 0 Å². The molecule has 2 fully saturated rings. The summed E-state index contributed by atoms with van der Waals surface area (Å²) in [5, 5.41) is 13.4. The lowest BCUT2D eigenvalue weighted by Gasteiger charge is -2.23. The van der Waals surface area contributed by atoms with Gasteiger partial charge in [-0.2, -0.15) is 18.3 Å². The number of halogens is 3. The number of urea groups is 2. The van der Waals surface area contributed by atoms with Crippen LogP contribution in [0.4, 0.5) is 28.4 Å². The van der Waals surface area contributed by atoms with Gasteiger partial charge in [-0.3, -0.25) is 9.67 Å². The van der Waals surface area contributed by atoms with Gasteiger partial charge >= 0.3 is 18.2 Å². The molecule has 1 saturated carbocycles. The molecule has 1 aromatic carbocycles. The van der Waals surface area contributed by atoms with Crippen LogP contribution in [0.25, 0.3) is 22.2 Å². The third-order valence-electron chi connectivity index (χ3n) is 7.89. The van der Waals surface area contributed by atoms with Gasteiger partial charge in [0.15, 0.2) is 0 Å². The molecule has 4 amide bonds. The van der Waals surface area contributed by atoms with Crippen LogP contribution in [0.5, 0.6) is 0 Å². The van der Waals surface area contributed by atoms with E-state index in [1.54, 1.807) is 24.4 Å². The number of fused-ring (bicyclic) bond motifs is 3.